The van der Waals surface area contributed by atoms with Gasteiger partial charge in [-0.3, -0.25) is 0 Å². The van der Waals surface area contributed by atoms with Crippen LogP contribution in [-0.4, -0.2) is 41.5 Å². The summed E-state index contributed by atoms with van der Waals surface area (Å²) in [5.74, 6) is 1.75. The normalized spacial score (nSPS) is 15.9. The molecule has 0 rings (SSSR count). The first-order chi connectivity index (χ1) is 6.52. The number of rotatable bonds is 8. The summed E-state index contributed by atoms with van der Waals surface area (Å²) in [6.07, 6.45) is 0.844. The zero-order valence-corrected chi connectivity index (χ0v) is 10.2. The highest BCUT2D eigenvalue weighted by atomic mass is 32.2. The molecule has 3 nitrogen and oxygen atoms in total. The summed E-state index contributed by atoms with van der Waals surface area (Å²) < 4.78 is 5.29. The fourth-order valence-corrected chi connectivity index (χ4v) is 1.91. The first kappa shape index (κ1) is 14.2. The molecule has 0 aliphatic heterocycles. The maximum Gasteiger partial charge on any atom is 0.0863 e. The lowest BCUT2D eigenvalue weighted by Crippen LogP contribution is -2.21. The summed E-state index contributed by atoms with van der Waals surface area (Å²) in [5.41, 5.74) is 5.61. The minimum atomic E-state index is -0.351. The maximum absolute atomic E-state index is 9.49. The molecule has 14 heavy (non-hydrogen) atoms. The van der Waals surface area contributed by atoms with Crippen LogP contribution >= 0.6 is 11.8 Å². The number of aliphatic hydroxyl groups is 1. The van der Waals surface area contributed by atoms with Crippen LogP contribution in [0.15, 0.2) is 0 Å². The minimum absolute atomic E-state index is 0.193. The van der Waals surface area contributed by atoms with Gasteiger partial charge in [-0.1, -0.05) is 0 Å². The van der Waals surface area contributed by atoms with E-state index in [0.29, 0.717) is 6.61 Å². The Hall–Kier alpha value is 0.230. The number of thioether (sulfide) groups is 1. The van der Waals surface area contributed by atoms with Crippen LogP contribution in [0.2, 0.25) is 0 Å². The van der Waals surface area contributed by atoms with Gasteiger partial charge in [-0.05, 0) is 32.9 Å². The Bertz CT molecular complexity index is 131. The Labute approximate surface area is 91.4 Å². The first-order valence-corrected chi connectivity index (χ1v) is 6.30. The van der Waals surface area contributed by atoms with Crippen LogP contribution in [-0.2, 0) is 4.74 Å². The van der Waals surface area contributed by atoms with Crippen molar-refractivity contribution in [3.8, 4) is 0 Å². The highest BCUT2D eigenvalue weighted by Crippen LogP contribution is 2.07. The number of aliphatic hydroxyl groups excluding tert-OH is 1. The predicted octanol–water partition coefficient (Wildman–Crippen LogP) is 1.24. The van der Waals surface area contributed by atoms with Crippen LogP contribution in [0, 0.1) is 0 Å². The highest BCUT2D eigenvalue weighted by Gasteiger charge is 2.05. The zero-order valence-electron chi connectivity index (χ0n) is 9.40. The fraction of sp³-hybridized carbons (Fsp3) is 1.00. The summed E-state index contributed by atoms with van der Waals surface area (Å²) in [6.45, 7) is 6.37. The third-order valence-corrected chi connectivity index (χ3v) is 2.79. The third-order valence-electron chi connectivity index (χ3n) is 1.65. The number of nitrogens with two attached hydrogens (primary N) is 1. The molecule has 3 N–H and O–H groups in total. The summed E-state index contributed by atoms with van der Waals surface area (Å²) in [6, 6.07) is 0.256. The highest BCUT2D eigenvalue weighted by molar-refractivity contribution is 7.99. The number of hydrogen-bond acceptors (Lipinski definition) is 4. The molecule has 0 amide bonds. The largest absolute Gasteiger partial charge is 0.390 e. The van der Waals surface area contributed by atoms with Gasteiger partial charge in [-0.15, -0.1) is 0 Å². The van der Waals surface area contributed by atoms with E-state index in [1.165, 1.54) is 0 Å². The second kappa shape index (κ2) is 8.53. The second-order valence-corrected chi connectivity index (χ2v) is 5.03. The van der Waals surface area contributed by atoms with Gasteiger partial charge in [0, 0.05) is 11.8 Å². The van der Waals surface area contributed by atoms with Crippen LogP contribution in [0.3, 0.4) is 0 Å². The van der Waals surface area contributed by atoms with Gasteiger partial charge in [0.15, 0.2) is 0 Å². The smallest absolute Gasteiger partial charge is 0.0863 e. The van der Waals surface area contributed by atoms with Crippen molar-refractivity contribution in [2.75, 3.05) is 18.1 Å². The molecule has 0 radical (unpaired) electrons. The van der Waals surface area contributed by atoms with E-state index in [-0.39, 0.29) is 18.2 Å². The van der Waals surface area contributed by atoms with Crippen molar-refractivity contribution in [1.29, 1.82) is 0 Å². The third kappa shape index (κ3) is 10.3. The van der Waals surface area contributed by atoms with Crippen LogP contribution < -0.4 is 5.73 Å². The van der Waals surface area contributed by atoms with Gasteiger partial charge >= 0.3 is 0 Å². The molecule has 2 atom stereocenters. The van der Waals surface area contributed by atoms with Gasteiger partial charge in [0.1, 0.15) is 0 Å². The van der Waals surface area contributed by atoms with Gasteiger partial charge < -0.3 is 15.6 Å². The number of ether oxygens (including phenoxy) is 1. The zero-order chi connectivity index (χ0) is 11.0. The Morgan fingerprint density at radius 3 is 2.50 bits per heavy atom. The van der Waals surface area contributed by atoms with Gasteiger partial charge in [-0.2, -0.15) is 11.8 Å². The van der Waals surface area contributed by atoms with Gasteiger partial charge in [-0.25, -0.2) is 0 Å². The molecule has 2 unspecified atom stereocenters. The summed E-state index contributed by atoms with van der Waals surface area (Å²) >= 11 is 1.73. The van der Waals surface area contributed by atoms with Crippen molar-refractivity contribution in [3.63, 3.8) is 0 Å². The Balaban J connectivity index is 3.22. The Morgan fingerprint density at radius 2 is 2.00 bits per heavy atom. The van der Waals surface area contributed by atoms with E-state index in [2.05, 4.69) is 0 Å². The van der Waals surface area contributed by atoms with E-state index in [4.69, 9.17) is 10.5 Å². The van der Waals surface area contributed by atoms with Crippen LogP contribution in [0.25, 0.3) is 0 Å². The number of hydrogen-bond donors (Lipinski definition) is 2. The Morgan fingerprint density at radius 1 is 1.36 bits per heavy atom. The van der Waals surface area contributed by atoms with Crippen LogP contribution in [0.4, 0.5) is 0 Å². The summed E-state index contributed by atoms with van der Waals surface area (Å²) in [5, 5.41) is 9.49. The van der Waals surface area contributed by atoms with Crippen LogP contribution in [0.5, 0.6) is 0 Å². The molecule has 4 heteroatoms. The molecule has 0 saturated carbocycles. The van der Waals surface area contributed by atoms with E-state index in [1.807, 2.05) is 20.8 Å². The average Bonchev–Trinajstić information content (AvgIpc) is 2.08. The lowest BCUT2D eigenvalue weighted by molar-refractivity contribution is 0.0152. The molecule has 0 aromatic carbocycles. The molecule has 0 fully saturated rings. The SMILES string of the molecule is CC(N)CCSCC(O)COC(C)C. The van der Waals surface area contributed by atoms with E-state index >= 15 is 0 Å². The monoisotopic (exact) mass is 221 g/mol. The minimum Gasteiger partial charge on any atom is -0.390 e. The first-order valence-electron chi connectivity index (χ1n) is 5.15. The van der Waals surface area contributed by atoms with Gasteiger partial charge in [0.05, 0.1) is 18.8 Å². The lowest BCUT2D eigenvalue weighted by Gasteiger charge is -2.13. The predicted molar refractivity (Wildman–Crippen MR) is 62.7 cm³/mol. The van der Waals surface area contributed by atoms with Crippen molar-refractivity contribution in [1.82, 2.24) is 0 Å². The molecule has 0 saturated heterocycles. The van der Waals surface area contributed by atoms with Crippen molar-refractivity contribution < 1.29 is 9.84 Å². The van der Waals surface area contributed by atoms with Crippen molar-refractivity contribution in [2.45, 2.75) is 45.4 Å². The van der Waals surface area contributed by atoms with E-state index < -0.39 is 0 Å². The summed E-state index contributed by atoms with van der Waals surface area (Å²) in [7, 11) is 0. The van der Waals surface area contributed by atoms with E-state index in [1.54, 1.807) is 11.8 Å². The van der Waals surface area contributed by atoms with Crippen molar-refractivity contribution in [3.05, 3.63) is 0 Å². The van der Waals surface area contributed by atoms with E-state index in [0.717, 1.165) is 17.9 Å². The molecular weight excluding hydrogens is 198 g/mol. The molecule has 0 heterocycles. The van der Waals surface area contributed by atoms with Gasteiger partial charge in [0.2, 0.25) is 0 Å². The molecule has 0 aliphatic rings. The van der Waals surface area contributed by atoms with Crippen LogP contribution in [0.1, 0.15) is 27.2 Å². The van der Waals surface area contributed by atoms with Crippen molar-refractivity contribution in [2.24, 2.45) is 5.73 Å². The molecular formula is C10H23NO2S. The lowest BCUT2D eigenvalue weighted by atomic mass is 10.3. The maximum atomic E-state index is 9.49. The fourth-order valence-electron chi connectivity index (χ4n) is 0.840. The molecule has 0 aromatic rings. The Kier molecular flexibility index (Phi) is 8.67. The molecule has 0 aromatic heterocycles. The molecule has 0 aliphatic carbocycles. The standard InChI is InChI=1S/C10H23NO2S/c1-8(2)13-6-10(12)7-14-5-4-9(3)11/h8-10,12H,4-7,11H2,1-3H3. The average molecular weight is 221 g/mol. The second-order valence-electron chi connectivity index (χ2n) is 3.88. The summed E-state index contributed by atoms with van der Waals surface area (Å²) in [4.78, 5) is 0. The van der Waals surface area contributed by atoms with E-state index in [9.17, 15) is 5.11 Å². The quantitative estimate of drug-likeness (QED) is 0.606. The van der Waals surface area contributed by atoms with Crippen molar-refractivity contribution >= 4 is 11.8 Å². The molecule has 0 spiro atoms. The van der Waals surface area contributed by atoms with Gasteiger partial charge in [0.25, 0.3) is 0 Å². The topological polar surface area (TPSA) is 55.5 Å². The molecule has 0 bridgehead atoms. The molecule has 86 valence electrons.